The van der Waals surface area contributed by atoms with Gasteiger partial charge in [0.2, 0.25) is 11.8 Å². The molecule has 3 rings (SSSR count). The van der Waals surface area contributed by atoms with E-state index >= 15 is 0 Å². The van der Waals surface area contributed by atoms with Crippen molar-refractivity contribution in [2.24, 2.45) is 11.5 Å². The highest BCUT2D eigenvalue weighted by atomic mass is 16.3. The van der Waals surface area contributed by atoms with Crippen LogP contribution in [0.15, 0.2) is 53.3 Å². The van der Waals surface area contributed by atoms with Crippen molar-refractivity contribution in [3.63, 3.8) is 0 Å². The van der Waals surface area contributed by atoms with Gasteiger partial charge in [-0.2, -0.15) is 0 Å². The Morgan fingerprint density at radius 1 is 0.825 bits per heavy atom. The first-order chi connectivity index (χ1) is 19.1. The van der Waals surface area contributed by atoms with Crippen LogP contribution in [0.25, 0.3) is 0 Å². The van der Waals surface area contributed by atoms with Crippen LogP contribution in [-0.4, -0.2) is 57.2 Å². The fraction of sp³-hybridized carbons (Fsp3) is 0.379. The summed E-state index contributed by atoms with van der Waals surface area (Å²) < 4.78 is 0. The minimum Gasteiger partial charge on any atom is -0.508 e. The van der Waals surface area contributed by atoms with Crippen molar-refractivity contribution >= 4 is 11.8 Å². The smallest absolute Gasteiger partial charge is 0.269 e. The topological polar surface area (TPSA) is 196 Å². The molecule has 0 spiro atoms. The first kappa shape index (κ1) is 30.3. The Labute approximate surface area is 233 Å². The molecule has 0 radical (unpaired) electrons. The number of H-pyrrole nitrogens is 1. The van der Waals surface area contributed by atoms with E-state index in [0.717, 1.165) is 11.1 Å². The Morgan fingerprint density at radius 2 is 1.27 bits per heavy atom. The SMILES string of the molecule is Cc1nc(CCCNC(=O)[C@@H](N)Cc2ccc(O)cc2)c(=O)[nH]c1CCCNC(=O)[C@@H](N)Cc1ccc(O)cc1. The van der Waals surface area contributed by atoms with Gasteiger partial charge in [-0.05, 0) is 80.8 Å². The lowest BCUT2D eigenvalue weighted by Crippen LogP contribution is -2.42. The van der Waals surface area contributed by atoms with Gasteiger partial charge in [-0.3, -0.25) is 19.4 Å². The number of aromatic nitrogens is 2. The second-order valence-electron chi connectivity index (χ2n) is 9.82. The van der Waals surface area contributed by atoms with Gasteiger partial charge in [-0.15, -0.1) is 0 Å². The predicted molar refractivity (Wildman–Crippen MR) is 152 cm³/mol. The predicted octanol–water partition coefficient (Wildman–Crippen LogP) is 0.727. The van der Waals surface area contributed by atoms with Gasteiger partial charge >= 0.3 is 0 Å². The molecule has 0 aliphatic rings. The number of rotatable bonds is 14. The molecule has 1 heterocycles. The molecule has 0 fully saturated rings. The van der Waals surface area contributed by atoms with Crippen molar-refractivity contribution in [3.8, 4) is 11.5 Å². The van der Waals surface area contributed by atoms with E-state index in [9.17, 15) is 24.6 Å². The minimum atomic E-state index is -0.715. The first-order valence-electron chi connectivity index (χ1n) is 13.3. The molecule has 0 saturated heterocycles. The van der Waals surface area contributed by atoms with Crippen LogP contribution in [0.1, 0.15) is 41.1 Å². The maximum Gasteiger partial charge on any atom is 0.269 e. The highest BCUT2D eigenvalue weighted by Crippen LogP contribution is 2.12. The molecule has 0 aliphatic carbocycles. The molecule has 2 atom stereocenters. The summed E-state index contributed by atoms with van der Waals surface area (Å²) in [4.78, 5) is 44.5. The number of aromatic hydroxyl groups is 2. The van der Waals surface area contributed by atoms with Crippen LogP contribution in [0, 0.1) is 6.92 Å². The molecule has 0 bridgehead atoms. The molecule has 0 aliphatic heterocycles. The highest BCUT2D eigenvalue weighted by Gasteiger charge is 2.15. The molecule has 1 aromatic heterocycles. The van der Waals surface area contributed by atoms with Gasteiger partial charge < -0.3 is 37.3 Å². The molecular weight excluding hydrogens is 512 g/mol. The standard InChI is InChI=1S/C29H38N6O5/c1-18-25(4-2-14-32-27(38)23(30)16-19-6-10-21(36)11-7-19)35-29(40)26(34-18)5-3-15-33-28(39)24(31)17-20-8-12-22(37)13-9-20/h6-13,23-24,36-37H,2-5,14-17,30-31H2,1H3,(H,32,38)(H,33,39)(H,35,40)/t23-,24-/m0/s1. The number of benzene rings is 2. The third-order valence-electron chi connectivity index (χ3n) is 6.52. The highest BCUT2D eigenvalue weighted by molar-refractivity contribution is 5.82. The van der Waals surface area contributed by atoms with E-state index in [1.54, 1.807) is 48.5 Å². The number of nitrogens with zero attached hydrogens (tertiary/aromatic N) is 1. The van der Waals surface area contributed by atoms with E-state index in [0.29, 0.717) is 68.7 Å². The quantitative estimate of drug-likeness (QED) is 0.143. The summed E-state index contributed by atoms with van der Waals surface area (Å²) in [6, 6.07) is 11.7. The Balaban J connectivity index is 1.36. The summed E-state index contributed by atoms with van der Waals surface area (Å²) in [7, 11) is 0. The Hall–Kier alpha value is -4.22. The van der Waals surface area contributed by atoms with Gasteiger partial charge in [0.05, 0.1) is 17.8 Å². The van der Waals surface area contributed by atoms with Crippen LogP contribution < -0.4 is 27.7 Å². The van der Waals surface area contributed by atoms with Crippen LogP contribution in [0.4, 0.5) is 0 Å². The molecule has 0 unspecified atom stereocenters. The normalized spacial score (nSPS) is 12.5. The number of phenolic OH excluding ortho intramolecular Hbond substituents is 2. The molecule has 0 saturated carbocycles. The lowest BCUT2D eigenvalue weighted by molar-refractivity contribution is -0.123. The van der Waals surface area contributed by atoms with Crippen LogP contribution in [0.3, 0.4) is 0 Å². The van der Waals surface area contributed by atoms with Crippen molar-refractivity contribution in [3.05, 3.63) is 87.1 Å². The number of phenols is 2. The number of carbonyl (C=O) groups is 2. The lowest BCUT2D eigenvalue weighted by Gasteiger charge is -2.13. The molecule has 3 aromatic rings. The van der Waals surface area contributed by atoms with E-state index < -0.39 is 12.1 Å². The maximum atomic E-state index is 12.5. The number of hydrogen-bond donors (Lipinski definition) is 7. The number of amides is 2. The lowest BCUT2D eigenvalue weighted by atomic mass is 10.1. The zero-order chi connectivity index (χ0) is 29.1. The van der Waals surface area contributed by atoms with Gasteiger partial charge in [-0.1, -0.05) is 24.3 Å². The van der Waals surface area contributed by atoms with E-state index in [2.05, 4.69) is 20.6 Å². The van der Waals surface area contributed by atoms with E-state index in [1.165, 1.54) is 0 Å². The Bertz CT molecular complexity index is 1320. The van der Waals surface area contributed by atoms with Gasteiger partial charge in [0.25, 0.3) is 5.56 Å². The largest absolute Gasteiger partial charge is 0.508 e. The summed E-state index contributed by atoms with van der Waals surface area (Å²) in [5.74, 6) is -0.234. The number of nitrogens with one attached hydrogen (secondary N) is 3. The minimum absolute atomic E-state index is 0.154. The van der Waals surface area contributed by atoms with Crippen LogP contribution in [0.5, 0.6) is 11.5 Å². The average molecular weight is 551 g/mol. The number of nitrogens with two attached hydrogens (primary N) is 2. The van der Waals surface area contributed by atoms with Crippen LogP contribution >= 0.6 is 0 Å². The van der Waals surface area contributed by atoms with E-state index in [-0.39, 0.29) is 28.9 Å². The van der Waals surface area contributed by atoms with E-state index in [1.807, 2.05) is 6.92 Å². The molecule has 2 aromatic carbocycles. The number of carbonyl (C=O) groups excluding carboxylic acids is 2. The summed E-state index contributed by atoms with van der Waals surface area (Å²) in [6.45, 7) is 2.59. The fourth-order valence-electron chi connectivity index (χ4n) is 4.20. The molecule has 9 N–H and O–H groups in total. The first-order valence-corrected chi connectivity index (χ1v) is 13.3. The molecular formula is C29H38N6O5. The van der Waals surface area contributed by atoms with Crippen LogP contribution in [-0.2, 0) is 35.3 Å². The van der Waals surface area contributed by atoms with Gasteiger partial charge in [0.15, 0.2) is 0 Å². The summed E-state index contributed by atoms with van der Waals surface area (Å²) in [5.41, 5.74) is 15.2. The second-order valence-corrected chi connectivity index (χ2v) is 9.82. The zero-order valence-corrected chi connectivity index (χ0v) is 22.7. The van der Waals surface area contributed by atoms with Crippen LogP contribution in [0.2, 0.25) is 0 Å². The monoisotopic (exact) mass is 550 g/mol. The molecule has 214 valence electrons. The van der Waals surface area contributed by atoms with Gasteiger partial charge in [0.1, 0.15) is 17.2 Å². The van der Waals surface area contributed by atoms with Crippen molar-refractivity contribution in [2.75, 3.05) is 13.1 Å². The zero-order valence-electron chi connectivity index (χ0n) is 22.7. The fourth-order valence-corrected chi connectivity index (χ4v) is 4.20. The molecule has 2 amide bonds. The van der Waals surface area contributed by atoms with Gasteiger partial charge in [0, 0.05) is 18.8 Å². The van der Waals surface area contributed by atoms with Crippen molar-refractivity contribution in [1.29, 1.82) is 0 Å². The molecule has 11 heteroatoms. The summed E-state index contributed by atoms with van der Waals surface area (Å²) >= 11 is 0. The molecule has 11 nitrogen and oxygen atoms in total. The maximum absolute atomic E-state index is 12.5. The van der Waals surface area contributed by atoms with Gasteiger partial charge in [-0.25, -0.2) is 0 Å². The number of aryl methyl sites for hydroxylation is 3. The second kappa shape index (κ2) is 14.8. The third-order valence-corrected chi connectivity index (χ3v) is 6.52. The van der Waals surface area contributed by atoms with Crippen molar-refractivity contribution in [1.82, 2.24) is 20.6 Å². The van der Waals surface area contributed by atoms with Crippen molar-refractivity contribution < 1.29 is 19.8 Å². The summed E-state index contributed by atoms with van der Waals surface area (Å²) in [6.07, 6.45) is 2.79. The Kier molecular flexibility index (Phi) is 11.2. The third kappa shape index (κ3) is 9.51. The average Bonchev–Trinajstić information content (AvgIpc) is 2.93. The van der Waals surface area contributed by atoms with E-state index in [4.69, 9.17) is 11.5 Å². The number of aromatic amines is 1. The molecule has 40 heavy (non-hydrogen) atoms. The Morgan fingerprint density at radius 3 is 1.75 bits per heavy atom. The number of hydrogen-bond acceptors (Lipinski definition) is 8. The van der Waals surface area contributed by atoms with Crippen molar-refractivity contribution in [2.45, 2.75) is 57.5 Å². The summed E-state index contributed by atoms with van der Waals surface area (Å²) in [5, 5.41) is 24.3.